The minimum atomic E-state index is -1.55. The van der Waals surface area contributed by atoms with E-state index in [4.69, 9.17) is 0 Å². The van der Waals surface area contributed by atoms with Crippen molar-refractivity contribution < 1.29 is 13.2 Å². The maximum absolute atomic E-state index is 13.1. The fraction of sp³-hybridized carbons (Fsp3) is 0.0909. The number of hydrogen-bond donors (Lipinski definition) is 1. The van der Waals surface area contributed by atoms with Crippen LogP contribution in [0.25, 0.3) is 11.4 Å². The van der Waals surface area contributed by atoms with Crippen molar-refractivity contribution in [1.82, 2.24) is 9.97 Å². The molecule has 0 aliphatic carbocycles. The topological polar surface area (TPSA) is 45.8 Å². The van der Waals surface area contributed by atoms with Crippen molar-refractivity contribution in [2.75, 3.05) is 0 Å². The molecule has 0 aliphatic rings. The Morgan fingerprint density at radius 1 is 1.22 bits per heavy atom. The Labute approximate surface area is 113 Å². The third kappa shape index (κ3) is 2.26. The number of aryl methyl sites for hydroxylation is 1. The molecule has 1 aromatic heterocycles. The summed E-state index contributed by atoms with van der Waals surface area (Å²) in [4.78, 5) is 17.9. The van der Waals surface area contributed by atoms with Gasteiger partial charge < -0.3 is 4.98 Å². The molecule has 0 bridgehead atoms. The predicted molar refractivity (Wildman–Crippen MR) is 67.6 cm³/mol. The van der Waals surface area contributed by atoms with Crippen molar-refractivity contribution in [3.05, 3.63) is 49.2 Å². The first-order valence-electron chi connectivity index (χ1n) is 4.81. The standard InChI is InChI=1S/C11H6F3IN2O/c1-4-9(15)11(18)17-10(16-4)5-2-6(12)8(14)7(13)3-5/h2-3H,1H3,(H,16,17,18). The number of aromatic nitrogens is 2. The molecular formula is C11H6F3IN2O. The van der Waals surface area contributed by atoms with Crippen LogP contribution in [0.2, 0.25) is 0 Å². The zero-order valence-electron chi connectivity index (χ0n) is 9.02. The van der Waals surface area contributed by atoms with Gasteiger partial charge in [0.2, 0.25) is 0 Å². The van der Waals surface area contributed by atoms with Crippen molar-refractivity contribution in [2.45, 2.75) is 6.92 Å². The molecule has 0 saturated heterocycles. The normalized spacial score (nSPS) is 10.7. The molecule has 2 aromatic rings. The Bertz CT molecular complexity index is 661. The van der Waals surface area contributed by atoms with Gasteiger partial charge in [0.05, 0.1) is 9.26 Å². The highest BCUT2D eigenvalue weighted by Gasteiger charge is 2.14. The maximum Gasteiger partial charge on any atom is 0.264 e. The smallest absolute Gasteiger partial charge is 0.264 e. The van der Waals surface area contributed by atoms with Gasteiger partial charge in [-0.3, -0.25) is 4.79 Å². The number of rotatable bonds is 1. The molecule has 0 amide bonds. The van der Waals surface area contributed by atoms with Crippen LogP contribution in [0, 0.1) is 27.9 Å². The largest absolute Gasteiger partial charge is 0.306 e. The number of aromatic amines is 1. The Morgan fingerprint density at radius 3 is 2.28 bits per heavy atom. The fourth-order valence-corrected chi connectivity index (χ4v) is 1.66. The molecule has 3 nitrogen and oxygen atoms in total. The van der Waals surface area contributed by atoms with E-state index in [9.17, 15) is 18.0 Å². The molecule has 0 atom stereocenters. The van der Waals surface area contributed by atoms with E-state index in [1.807, 2.05) is 22.6 Å². The summed E-state index contributed by atoms with van der Waals surface area (Å²) < 4.78 is 39.3. The lowest BCUT2D eigenvalue weighted by molar-refractivity contribution is 0.447. The van der Waals surface area contributed by atoms with Crippen LogP contribution >= 0.6 is 22.6 Å². The Morgan fingerprint density at radius 2 is 1.78 bits per heavy atom. The molecule has 2 rings (SSSR count). The van der Waals surface area contributed by atoms with E-state index in [2.05, 4.69) is 9.97 Å². The van der Waals surface area contributed by atoms with Gasteiger partial charge in [-0.15, -0.1) is 0 Å². The van der Waals surface area contributed by atoms with Gasteiger partial charge in [0.25, 0.3) is 5.56 Å². The molecule has 0 radical (unpaired) electrons. The highest BCUT2D eigenvalue weighted by molar-refractivity contribution is 14.1. The molecule has 0 spiro atoms. The van der Waals surface area contributed by atoms with E-state index in [1.54, 1.807) is 6.92 Å². The van der Waals surface area contributed by atoms with Crippen LogP contribution < -0.4 is 5.56 Å². The van der Waals surface area contributed by atoms with Crippen molar-refractivity contribution in [1.29, 1.82) is 0 Å². The molecule has 0 saturated carbocycles. The summed E-state index contributed by atoms with van der Waals surface area (Å²) in [6.45, 7) is 1.59. The summed E-state index contributed by atoms with van der Waals surface area (Å²) in [7, 11) is 0. The van der Waals surface area contributed by atoms with Gasteiger partial charge in [-0.25, -0.2) is 18.2 Å². The zero-order valence-corrected chi connectivity index (χ0v) is 11.2. The second kappa shape index (κ2) is 4.71. The summed E-state index contributed by atoms with van der Waals surface area (Å²) in [6.07, 6.45) is 0. The monoisotopic (exact) mass is 366 g/mol. The Hall–Kier alpha value is -1.38. The quantitative estimate of drug-likeness (QED) is 0.623. The first-order valence-corrected chi connectivity index (χ1v) is 5.89. The van der Waals surface area contributed by atoms with E-state index in [1.165, 1.54) is 0 Å². The number of hydrogen-bond acceptors (Lipinski definition) is 2. The van der Waals surface area contributed by atoms with Crippen LogP contribution in [0.1, 0.15) is 5.69 Å². The molecule has 94 valence electrons. The van der Waals surface area contributed by atoms with Gasteiger partial charge >= 0.3 is 0 Å². The lowest BCUT2D eigenvalue weighted by Gasteiger charge is -2.04. The van der Waals surface area contributed by atoms with Crippen LogP contribution in [-0.4, -0.2) is 9.97 Å². The van der Waals surface area contributed by atoms with Crippen LogP contribution in [0.5, 0.6) is 0 Å². The summed E-state index contributed by atoms with van der Waals surface area (Å²) in [5, 5.41) is 0. The highest BCUT2D eigenvalue weighted by atomic mass is 127. The van der Waals surface area contributed by atoms with Gasteiger partial charge in [0.15, 0.2) is 17.5 Å². The third-order valence-corrected chi connectivity index (χ3v) is 3.56. The number of benzene rings is 1. The van der Waals surface area contributed by atoms with Crippen LogP contribution in [0.4, 0.5) is 13.2 Å². The van der Waals surface area contributed by atoms with Crippen molar-refractivity contribution in [2.24, 2.45) is 0 Å². The number of H-pyrrole nitrogens is 1. The van der Waals surface area contributed by atoms with Crippen LogP contribution in [0.3, 0.4) is 0 Å². The average molecular weight is 366 g/mol. The first kappa shape index (κ1) is 13.1. The second-order valence-electron chi connectivity index (χ2n) is 3.57. The summed E-state index contributed by atoms with van der Waals surface area (Å²) >= 11 is 1.81. The summed E-state index contributed by atoms with van der Waals surface area (Å²) in [5.41, 5.74) is -0.00858. The molecule has 1 aromatic carbocycles. The van der Waals surface area contributed by atoms with Gasteiger partial charge in [-0.1, -0.05) is 0 Å². The molecule has 7 heteroatoms. The van der Waals surface area contributed by atoms with E-state index in [0.29, 0.717) is 9.26 Å². The van der Waals surface area contributed by atoms with Crippen molar-refractivity contribution in [3.8, 4) is 11.4 Å². The van der Waals surface area contributed by atoms with Gasteiger partial charge in [0, 0.05) is 5.56 Å². The van der Waals surface area contributed by atoms with Gasteiger partial charge in [-0.05, 0) is 41.6 Å². The maximum atomic E-state index is 13.1. The predicted octanol–water partition coefficient (Wildman–Crippen LogP) is 2.77. The summed E-state index contributed by atoms with van der Waals surface area (Å²) in [6, 6.07) is 1.56. The Balaban J connectivity index is 2.66. The number of nitrogens with zero attached hydrogens (tertiary/aromatic N) is 1. The average Bonchev–Trinajstić information content (AvgIpc) is 2.31. The lowest BCUT2D eigenvalue weighted by atomic mass is 10.2. The van der Waals surface area contributed by atoms with Gasteiger partial charge in [-0.2, -0.15) is 0 Å². The Kier molecular flexibility index (Phi) is 3.42. The SMILES string of the molecule is Cc1nc(-c2cc(F)c(F)c(F)c2)[nH]c(=O)c1I. The molecule has 0 unspecified atom stereocenters. The molecule has 0 aliphatic heterocycles. The molecule has 1 N–H and O–H groups in total. The zero-order chi connectivity index (χ0) is 13.4. The number of nitrogens with one attached hydrogen (secondary N) is 1. The molecule has 0 fully saturated rings. The third-order valence-electron chi connectivity index (χ3n) is 2.29. The minimum absolute atomic E-state index is 0.00397. The second-order valence-corrected chi connectivity index (χ2v) is 4.65. The fourth-order valence-electron chi connectivity index (χ4n) is 1.40. The van der Waals surface area contributed by atoms with Crippen LogP contribution in [-0.2, 0) is 0 Å². The molecule has 1 heterocycles. The molecular weight excluding hydrogens is 360 g/mol. The van der Waals surface area contributed by atoms with E-state index in [-0.39, 0.29) is 11.4 Å². The van der Waals surface area contributed by atoms with Crippen LogP contribution in [0.15, 0.2) is 16.9 Å². The minimum Gasteiger partial charge on any atom is -0.306 e. The first-order chi connectivity index (χ1) is 8.40. The van der Waals surface area contributed by atoms with E-state index >= 15 is 0 Å². The van der Waals surface area contributed by atoms with E-state index < -0.39 is 23.0 Å². The summed E-state index contributed by atoms with van der Waals surface area (Å²) in [5.74, 6) is -4.22. The lowest BCUT2D eigenvalue weighted by Crippen LogP contribution is -2.14. The van der Waals surface area contributed by atoms with Crippen molar-refractivity contribution in [3.63, 3.8) is 0 Å². The number of halogens is 4. The van der Waals surface area contributed by atoms with E-state index in [0.717, 1.165) is 12.1 Å². The highest BCUT2D eigenvalue weighted by Crippen LogP contribution is 2.20. The van der Waals surface area contributed by atoms with Crippen molar-refractivity contribution >= 4 is 22.6 Å². The van der Waals surface area contributed by atoms with Gasteiger partial charge in [0.1, 0.15) is 5.82 Å². The molecule has 18 heavy (non-hydrogen) atoms.